The van der Waals surface area contributed by atoms with E-state index < -0.39 is 17.7 Å². The van der Waals surface area contributed by atoms with Gasteiger partial charge in [-0.25, -0.2) is 0 Å². The second kappa shape index (κ2) is 9.67. The van der Waals surface area contributed by atoms with Gasteiger partial charge in [-0.2, -0.15) is 0 Å². The number of ether oxygens (including phenoxy) is 2. The predicted molar refractivity (Wildman–Crippen MR) is 125 cm³/mol. The Balaban J connectivity index is 1.77. The average Bonchev–Trinajstić information content (AvgIpc) is 3.08. The van der Waals surface area contributed by atoms with Gasteiger partial charge in [0.05, 0.1) is 11.6 Å². The maximum atomic E-state index is 13.1. The highest BCUT2D eigenvalue weighted by molar-refractivity contribution is 6.46. The Morgan fingerprint density at radius 3 is 2.42 bits per heavy atom. The van der Waals surface area contributed by atoms with E-state index in [9.17, 15) is 14.7 Å². The Morgan fingerprint density at radius 2 is 1.76 bits per heavy atom. The Hall–Kier alpha value is -3.32. The smallest absolute Gasteiger partial charge is 0.295 e. The summed E-state index contributed by atoms with van der Waals surface area (Å²) in [6, 6.07) is 12.3. The van der Waals surface area contributed by atoms with E-state index in [1.165, 1.54) is 0 Å². The zero-order valence-electron chi connectivity index (χ0n) is 19.3. The number of amides is 1. The van der Waals surface area contributed by atoms with Crippen LogP contribution in [-0.2, 0) is 16.0 Å². The predicted octanol–water partition coefficient (Wildman–Crippen LogP) is 3.39. The minimum absolute atomic E-state index is 0.103. The summed E-state index contributed by atoms with van der Waals surface area (Å²) in [4.78, 5) is 29.8. The highest BCUT2D eigenvalue weighted by Gasteiger charge is 2.45. The SMILES string of the molecule is CCc1ccc(C2C(=C(O)c3ccc4c(c3)OCCO4)C(=O)C(=O)N2CCCN(C)C)cc1. The number of aliphatic hydroxyl groups excluding tert-OH is 1. The fourth-order valence-electron chi connectivity index (χ4n) is 4.30. The average molecular weight is 451 g/mol. The van der Waals surface area contributed by atoms with Crippen LogP contribution in [0.2, 0.25) is 0 Å². The summed E-state index contributed by atoms with van der Waals surface area (Å²) in [5.74, 6) is -0.359. The van der Waals surface area contributed by atoms with E-state index in [1.807, 2.05) is 43.3 Å². The first kappa shape index (κ1) is 22.9. The summed E-state index contributed by atoms with van der Waals surface area (Å²) in [7, 11) is 3.94. The van der Waals surface area contributed by atoms with Gasteiger partial charge >= 0.3 is 0 Å². The second-order valence-corrected chi connectivity index (χ2v) is 8.60. The minimum Gasteiger partial charge on any atom is -0.507 e. The Kier molecular flexibility index (Phi) is 6.70. The normalized spacial score (nSPS) is 19.4. The van der Waals surface area contributed by atoms with Gasteiger partial charge in [-0.3, -0.25) is 9.59 Å². The summed E-state index contributed by atoms with van der Waals surface area (Å²) in [5, 5.41) is 11.2. The minimum atomic E-state index is -0.670. The lowest BCUT2D eigenvalue weighted by Crippen LogP contribution is -2.32. The number of ketones is 1. The molecule has 1 atom stereocenters. The van der Waals surface area contributed by atoms with Gasteiger partial charge in [-0.1, -0.05) is 31.2 Å². The third kappa shape index (κ3) is 4.59. The molecule has 2 aromatic carbocycles. The first-order valence-corrected chi connectivity index (χ1v) is 11.3. The number of carbonyl (C=O) groups is 2. The third-order valence-corrected chi connectivity index (χ3v) is 6.06. The number of hydrogen-bond acceptors (Lipinski definition) is 6. The molecule has 174 valence electrons. The first-order valence-electron chi connectivity index (χ1n) is 11.3. The molecule has 0 radical (unpaired) electrons. The van der Waals surface area contributed by atoms with Gasteiger partial charge in [0.2, 0.25) is 0 Å². The van der Waals surface area contributed by atoms with Gasteiger partial charge in [0.25, 0.3) is 11.7 Å². The number of hydrogen-bond donors (Lipinski definition) is 1. The highest BCUT2D eigenvalue weighted by Crippen LogP contribution is 2.41. The molecule has 1 N–H and O–H groups in total. The van der Waals surface area contributed by atoms with E-state index in [4.69, 9.17) is 9.47 Å². The number of fused-ring (bicyclic) bond motifs is 1. The zero-order valence-corrected chi connectivity index (χ0v) is 19.3. The van der Waals surface area contributed by atoms with Crippen molar-refractivity contribution in [3.05, 3.63) is 64.7 Å². The van der Waals surface area contributed by atoms with E-state index in [2.05, 4.69) is 6.92 Å². The number of aliphatic hydroxyl groups is 1. The van der Waals surface area contributed by atoms with Crippen molar-refractivity contribution in [3.63, 3.8) is 0 Å². The molecule has 0 aliphatic carbocycles. The summed E-state index contributed by atoms with van der Waals surface area (Å²) >= 11 is 0. The Bertz CT molecular complexity index is 1070. The summed E-state index contributed by atoms with van der Waals surface area (Å²) in [6.07, 6.45) is 1.61. The lowest BCUT2D eigenvalue weighted by atomic mass is 9.94. The fourth-order valence-corrected chi connectivity index (χ4v) is 4.30. The Morgan fingerprint density at radius 1 is 1.06 bits per heavy atom. The van der Waals surface area contributed by atoms with Crippen molar-refractivity contribution in [2.24, 2.45) is 0 Å². The number of nitrogens with zero attached hydrogens (tertiary/aromatic N) is 2. The number of Topliss-reactive ketones (excluding diaryl/α,β-unsaturated/α-hetero) is 1. The monoisotopic (exact) mass is 450 g/mol. The number of carbonyl (C=O) groups excluding carboxylic acids is 2. The molecule has 33 heavy (non-hydrogen) atoms. The van der Waals surface area contributed by atoms with Crippen LogP contribution in [0, 0.1) is 0 Å². The van der Waals surface area contributed by atoms with Gasteiger partial charge in [0, 0.05) is 12.1 Å². The van der Waals surface area contributed by atoms with Crippen LogP contribution in [-0.4, -0.2) is 67.0 Å². The van der Waals surface area contributed by atoms with Gasteiger partial charge in [-0.05, 0) is 62.8 Å². The molecule has 1 unspecified atom stereocenters. The molecule has 2 aliphatic heterocycles. The molecule has 7 heteroatoms. The molecule has 1 saturated heterocycles. The van der Waals surface area contributed by atoms with Gasteiger partial charge in [0.15, 0.2) is 11.5 Å². The van der Waals surface area contributed by atoms with Crippen molar-refractivity contribution in [1.29, 1.82) is 0 Å². The molecule has 0 spiro atoms. The molecule has 2 aromatic rings. The molecule has 2 heterocycles. The number of benzene rings is 2. The maximum Gasteiger partial charge on any atom is 0.295 e. The van der Waals surface area contributed by atoms with E-state index in [1.54, 1.807) is 23.1 Å². The van der Waals surface area contributed by atoms with Crippen LogP contribution < -0.4 is 9.47 Å². The van der Waals surface area contributed by atoms with Crippen LogP contribution >= 0.6 is 0 Å². The van der Waals surface area contributed by atoms with Crippen LogP contribution in [0.1, 0.15) is 36.1 Å². The third-order valence-electron chi connectivity index (χ3n) is 6.06. The summed E-state index contributed by atoms with van der Waals surface area (Å²) in [6.45, 7) is 4.15. The molecule has 0 aromatic heterocycles. The molecule has 1 amide bonds. The van der Waals surface area contributed by atoms with Crippen molar-refractivity contribution < 1.29 is 24.2 Å². The van der Waals surface area contributed by atoms with Crippen molar-refractivity contribution in [3.8, 4) is 11.5 Å². The van der Waals surface area contributed by atoms with Crippen LogP contribution in [0.4, 0.5) is 0 Å². The van der Waals surface area contributed by atoms with E-state index in [0.717, 1.165) is 24.1 Å². The molecule has 4 rings (SSSR count). The zero-order chi connectivity index (χ0) is 23.5. The molecular weight excluding hydrogens is 420 g/mol. The Labute approximate surface area is 194 Å². The highest BCUT2D eigenvalue weighted by atomic mass is 16.6. The van der Waals surface area contributed by atoms with Crippen LogP contribution in [0.15, 0.2) is 48.0 Å². The number of likely N-dealkylation sites (tertiary alicyclic amines) is 1. The van der Waals surface area contributed by atoms with E-state index >= 15 is 0 Å². The molecule has 0 bridgehead atoms. The molecule has 2 aliphatic rings. The maximum absolute atomic E-state index is 13.1. The van der Waals surface area contributed by atoms with Gasteiger partial charge < -0.3 is 24.4 Å². The van der Waals surface area contributed by atoms with Crippen molar-refractivity contribution in [2.45, 2.75) is 25.8 Å². The largest absolute Gasteiger partial charge is 0.507 e. The fraction of sp³-hybridized carbons (Fsp3) is 0.385. The van der Waals surface area contributed by atoms with Gasteiger partial charge in [0.1, 0.15) is 19.0 Å². The van der Waals surface area contributed by atoms with Crippen molar-refractivity contribution >= 4 is 17.4 Å². The van der Waals surface area contributed by atoms with Crippen LogP contribution in [0.5, 0.6) is 11.5 Å². The first-order chi connectivity index (χ1) is 15.9. The lowest BCUT2D eigenvalue weighted by molar-refractivity contribution is -0.139. The van der Waals surface area contributed by atoms with Crippen molar-refractivity contribution in [1.82, 2.24) is 9.80 Å². The second-order valence-electron chi connectivity index (χ2n) is 8.60. The topological polar surface area (TPSA) is 79.3 Å². The molecule has 1 fully saturated rings. The quantitative estimate of drug-likeness (QED) is 0.396. The summed E-state index contributed by atoms with van der Waals surface area (Å²) in [5.41, 5.74) is 2.48. The van der Waals surface area contributed by atoms with Crippen LogP contribution in [0.3, 0.4) is 0 Å². The number of aryl methyl sites for hydroxylation is 1. The summed E-state index contributed by atoms with van der Waals surface area (Å²) < 4.78 is 11.2. The number of rotatable bonds is 7. The standard InChI is InChI=1S/C26H30N2O5/c1-4-17-6-8-18(9-7-17)23-22(25(30)26(31)28(23)13-5-12-27(2)3)24(29)19-10-11-20-21(16-19)33-15-14-32-20/h6-11,16,23,29H,4-5,12-15H2,1-3H3. The molecule has 7 nitrogen and oxygen atoms in total. The molecule has 0 saturated carbocycles. The molecular formula is C26H30N2O5. The van der Waals surface area contributed by atoms with Crippen molar-refractivity contribution in [2.75, 3.05) is 40.4 Å². The van der Waals surface area contributed by atoms with Crippen LogP contribution in [0.25, 0.3) is 5.76 Å². The van der Waals surface area contributed by atoms with E-state index in [-0.39, 0.29) is 11.3 Å². The van der Waals surface area contributed by atoms with E-state index in [0.29, 0.717) is 43.2 Å². The van der Waals surface area contributed by atoms with Gasteiger partial charge in [-0.15, -0.1) is 0 Å². The lowest BCUT2D eigenvalue weighted by Gasteiger charge is -2.26.